The first kappa shape index (κ1) is 14.4. The van der Waals surface area contributed by atoms with E-state index < -0.39 is 11.6 Å². The Balaban J connectivity index is 2.36. The van der Waals surface area contributed by atoms with Crippen LogP contribution in [0.4, 0.5) is 14.5 Å². The summed E-state index contributed by atoms with van der Waals surface area (Å²) in [5, 5.41) is 24.2. The highest BCUT2D eigenvalue weighted by atomic mass is 79.9. The van der Waals surface area contributed by atoms with E-state index in [0.717, 1.165) is 6.07 Å². The Labute approximate surface area is 124 Å². The molecule has 20 heavy (non-hydrogen) atoms. The maximum Gasteiger partial charge on any atom is 0.216 e. The lowest BCUT2D eigenvalue weighted by Crippen LogP contribution is -1.98. The van der Waals surface area contributed by atoms with Crippen LogP contribution in [0, 0.1) is 23.0 Å². The molecule has 1 aromatic heterocycles. The molecule has 0 aliphatic carbocycles. The van der Waals surface area contributed by atoms with Crippen molar-refractivity contribution < 1.29 is 8.78 Å². The van der Waals surface area contributed by atoms with E-state index >= 15 is 0 Å². The van der Waals surface area contributed by atoms with E-state index in [9.17, 15) is 8.78 Å². The van der Waals surface area contributed by atoms with E-state index in [1.807, 2.05) is 6.07 Å². The Morgan fingerprint density at radius 3 is 2.90 bits per heavy atom. The minimum absolute atomic E-state index is 0.0337. The molecule has 0 unspecified atom stereocenters. The second-order valence-electron chi connectivity index (χ2n) is 3.39. The molecular formula is C10H4BrClF2N6. The van der Waals surface area contributed by atoms with Crippen LogP contribution in [0.5, 0.6) is 0 Å². The maximum absolute atomic E-state index is 13.4. The third-order valence-electron chi connectivity index (χ3n) is 2.18. The van der Waals surface area contributed by atoms with Crippen LogP contribution < -0.4 is 5.32 Å². The lowest BCUT2D eigenvalue weighted by molar-refractivity contribution is 0.505. The number of tetrazole rings is 1. The van der Waals surface area contributed by atoms with E-state index in [4.69, 9.17) is 16.9 Å². The molecule has 102 valence electrons. The lowest BCUT2D eigenvalue weighted by Gasteiger charge is -2.08. The average Bonchev–Trinajstić information content (AvgIpc) is 2.94. The van der Waals surface area contributed by atoms with Gasteiger partial charge >= 0.3 is 0 Å². The van der Waals surface area contributed by atoms with Crippen molar-refractivity contribution >= 4 is 38.8 Å². The number of H-pyrrole nitrogens is 1. The number of nitrogens with zero attached hydrogens (tertiary/aromatic N) is 4. The van der Waals surface area contributed by atoms with Crippen molar-refractivity contribution in [3.8, 4) is 6.07 Å². The molecule has 0 saturated carbocycles. The summed E-state index contributed by atoms with van der Waals surface area (Å²) in [5.41, 5.74) is 0.105. The number of aromatic nitrogens is 4. The first-order valence-corrected chi connectivity index (χ1v) is 6.15. The van der Waals surface area contributed by atoms with Gasteiger partial charge in [0.2, 0.25) is 5.82 Å². The van der Waals surface area contributed by atoms with Crippen LogP contribution in [0.15, 0.2) is 16.7 Å². The van der Waals surface area contributed by atoms with Gasteiger partial charge in [-0.15, -0.1) is 10.2 Å². The number of aromatic amines is 1. The number of allylic oxidation sites excluding steroid dienone is 1. The minimum atomic E-state index is -1.09. The fraction of sp³-hybridized carbons (Fsp3) is 0. The molecule has 1 heterocycles. The molecule has 0 aliphatic rings. The number of nitriles is 1. The van der Waals surface area contributed by atoms with E-state index in [2.05, 4.69) is 41.9 Å². The molecule has 0 atom stereocenters. The Morgan fingerprint density at radius 1 is 1.55 bits per heavy atom. The lowest BCUT2D eigenvalue weighted by atomic mass is 10.2. The molecular weight excluding hydrogens is 358 g/mol. The second-order valence-corrected chi connectivity index (χ2v) is 4.59. The largest absolute Gasteiger partial charge is 0.358 e. The Bertz CT molecular complexity index is 710. The normalized spacial score (nSPS) is 11.2. The molecule has 0 bridgehead atoms. The highest BCUT2D eigenvalue weighted by Crippen LogP contribution is 2.34. The van der Waals surface area contributed by atoms with Crippen molar-refractivity contribution in [2.45, 2.75) is 0 Å². The summed E-state index contributed by atoms with van der Waals surface area (Å²) in [7, 11) is 0. The molecule has 0 spiro atoms. The molecule has 2 N–H and O–H groups in total. The van der Waals surface area contributed by atoms with Crippen molar-refractivity contribution in [3.05, 3.63) is 39.2 Å². The molecule has 0 radical (unpaired) electrons. The zero-order valence-electron chi connectivity index (χ0n) is 9.46. The van der Waals surface area contributed by atoms with Crippen molar-refractivity contribution in [1.82, 2.24) is 20.6 Å². The van der Waals surface area contributed by atoms with Gasteiger partial charge in [-0.2, -0.15) is 10.5 Å². The molecule has 1 aromatic carbocycles. The summed E-state index contributed by atoms with van der Waals surface area (Å²) in [5.74, 6) is -2.13. The van der Waals surface area contributed by atoms with E-state index in [-0.39, 0.29) is 26.6 Å². The topological polar surface area (TPSA) is 90.3 Å². The summed E-state index contributed by atoms with van der Waals surface area (Å²) < 4.78 is 26.3. The van der Waals surface area contributed by atoms with Crippen LogP contribution in [0.3, 0.4) is 0 Å². The van der Waals surface area contributed by atoms with Crippen molar-refractivity contribution in [2.75, 3.05) is 5.32 Å². The zero-order chi connectivity index (χ0) is 14.7. The van der Waals surface area contributed by atoms with Crippen molar-refractivity contribution in [3.63, 3.8) is 0 Å². The van der Waals surface area contributed by atoms with Crippen LogP contribution in [0.1, 0.15) is 5.82 Å². The van der Waals surface area contributed by atoms with Crippen LogP contribution >= 0.6 is 27.5 Å². The predicted molar refractivity (Wildman–Crippen MR) is 70.5 cm³/mol. The molecule has 2 rings (SSSR count). The van der Waals surface area contributed by atoms with Gasteiger partial charge in [0.15, 0.2) is 11.6 Å². The fourth-order valence-electron chi connectivity index (χ4n) is 1.27. The standard InChI is InChI=1S/C10H4BrClF2N6/c11-7-8(14)6(13)1-5(12)9(7)16-3-4(2-15)10-17-19-20-18-10/h1,3,16H,(H,17,18,19,20). The number of rotatable bonds is 3. The van der Waals surface area contributed by atoms with Gasteiger partial charge < -0.3 is 5.32 Å². The summed E-state index contributed by atoms with van der Waals surface area (Å²) >= 11 is 8.68. The SMILES string of the molecule is N#CC(=CNc1c(Cl)cc(F)c(F)c1Br)c1nn[nH]n1. The quantitative estimate of drug-likeness (QED) is 0.498. The van der Waals surface area contributed by atoms with Crippen LogP contribution in [0.2, 0.25) is 5.02 Å². The smallest absolute Gasteiger partial charge is 0.216 e. The molecule has 10 heteroatoms. The molecule has 0 fully saturated rings. The number of halogens is 4. The Kier molecular flexibility index (Phi) is 4.26. The highest BCUT2D eigenvalue weighted by molar-refractivity contribution is 9.10. The van der Waals surface area contributed by atoms with E-state index in [1.165, 1.54) is 6.20 Å². The monoisotopic (exact) mass is 360 g/mol. The van der Waals surface area contributed by atoms with Gasteiger partial charge in [-0.25, -0.2) is 8.78 Å². The number of anilines is 1. The van der Waals surface area contributed by atoms with Crippen LogP contribution in [-0.2, 0) is 0 Å². The zero-order valence-corrected chi connectivity index (χ0v) is 11.8. The minimum Gasteiger partial charge on any atom is -0.358 e. The fourth-order valence-corrected chi connectivity index (χ4v) is 2.14. The van der Waals surface area contributed by atoms with Gasteiger partial charge in [-0.3, -0.25) is 0 Å². The van der Waals surface area contributed by atoms with Gasteiger partial charge in [0.1, 0.15) is 11.6 Å². The molecule has 0 amide bonds. The molecule has 6 nitrogen and oxygen atoms in total. The summed E-state index contributed by atoms with van der Waals surface area (Å²) in [6, 6.07) is 2.64. The van der Waals surface area contributed by atoms with Gasteiger partial charge in [0, 0.05) is 6.20 Å². The van der Waals surface area contributed by atoms with Crippen LogP contribution in [0.25, 0.3) is 5.57 Å². The summed E-state index contributed by atoms with van der Waals surface area (Å²) in [4.78, 5) is 0. The van der Waals surface area contributed by atoms with Crippen LogP contribution in [-0.4, -0.2) is 20.6 Å². The van der Waals surface area contributed by atoms with Crippen molar-refractivity contribution in [1.29, 1.82) is 5.26 Å². The Hall–Kier alpha value is -2.05. The first-order valence-electron chi connectivity index (χ1n) is 4.98. The van der Waals surface area contributed by atoms with Gasteiger partial charge in [0.05, 0.1) is 15.2 Å². The first-order chi connectivity index (χ1) is 9.54. The van der Waals surface area contributed by atoms with E-state index in [1.54, 1.807) is 0 Å². The number of benzene rings is 1. The summed E-state index contributed by atoms with van der Waals surface area (Å²) in [6.07, 6.45) is 1.20. The molecule has 0 saturated heterocycles. The van der Waals surface area contributed by atoms with Crippen molar-refractivity contribution in [2.24, 2.45) is 0 Å². The third kappa shape index (κ3) is 2.76. The molecule has 2 aromatic rings. The third-order valence-corrected chi connectivity index (χ3v) is 3.22. The second kappa shape index (κ2) is 5.94. The van der Waals surface area contributed by atoms with Gasteiger partial charge in [0.25, 0.3) is 0 Å². The maximum atomic E-state index is 13.4. The average molecular weight is 362 g/mol. The highest BCUT2D eigenvalue weighted by Gasteiger charge is 2.15. The van der Waals surface area contributed by atoms with Gasteiger partial charge in [-0.1, -0.05) is 11.6 Å². The number of nitrogens with one attached hydrogen (secondary N) is 2. The van der Waals surface area contributed by atoms with Gasteiger partial charge in [-0.05, 0) is 27.2 Å². The summed E-state index contributed by atoms with van der Waals surface area (Å²) in [6.45, 7) is 0. The Morgan fingerprint density at radius 2 is 2.30 bits per heavy atom. The van der Waals surface area contributed by atoms with E-state index in [0.29, 0.717) is 0 Å². The number of hydrogen-bond acceptors (Lipinski definition) is 5. The predicted octanol–water partition coefficient (Wildman–Crippen LogP) is 2.87. The molecule has 0 aliphatic heterocycles. The number of hydrogen-bond donors (Lipinski definition) is 2.